The van der Waals surface area contributed by atoms with Gasteiger partial charge in [-0.2, -0.15) is 0 Å². The third-order valence-corrected chi connectivity index (χ3v) is 7.75. The fourth-order valence-corrected chi connectivity index (χ4v) is 6.04. The number of rotatable bonds is 3. The number of aromatic amines is 1. The van der Waals surface area contributed by atoms with E-state index in [1.165, 1.54) is 71.6 Å². The van der Waals surface area contributed by atoms with E-state index in [4.69, 9.17) is 0 Å². The van der Waals surface area contributed by atoms with E-state index in [0.29, 0.717) is 0 Å². The van der Waals surface area contributed by atoms with E-state index in [0.717, 1.165) is 0 Å². The lowest BCUT2D eigenvalue weighted by Crippen LogP contribution is -1.97. The second-order valence-corrected chi connectivity index (χ2v) is 9.87. The number of aromatic nitrogens is 2. The summed E-state index contributed by atoms with van der Waals surface area (Å²) in [6.07, 6.45) is 0. The van der Waals surface area contributed by atoms with Gasteiger partial charge in [-0.15, -0.1) is 0 Å². The Hall–Kier alpha value is -5.08. The van der Waals surface area contributed by atoms with Crippen LogP contribution >= 0.6 is 0 Å². The van der Waals surface area contributed by atoms with Gasteiger partial charge >= 0.3 is 0 Å². The quantitative estimate of drug-likeness (QED) is 0.258. The Morgan fingerprint density at radius 3 is 2.03 bits per heavy atom. The predicted octanol–water partition coefficient (Wildman–Crippen LogP) is 9.75. The molecule has 8 rings (SSSR count). The zero-order valence-corrected chi connectivity index (χ0v) is 20.7. The summed E-state index contributed by atoms with van der Waals surface area (Å²) >= 11 is 0. The lowest BCUT2D eigenvalue weighted by molar-refractivity contribution is 1.18. The molecule has 0 unspecified atom stereocenters. The number of H-pyrrole nitrogens is 1. The van der Waals surface area contributed by atoms with Gasteiger partial charge in [0.15, 0.2) is 0 Å². The molecule has 0 spiro atoms. The monoisotopic (exact) mass is 484 g/mol. The third-order valence-electron chi connectivity index (χ3n) is 7.75. The Kier molecular flexibility index (Phi) is 4.55. The molecule has 8 aromatic rings. The summed E-state index contributed by atoms with van der Waals surface area (Å²) < 4.78 is 2.42. The second kappa shape index (κ2) is 8.22. The number of para-hydroxylation sites is 4. The third kappa shape index (κ3) is 3.07. The van der Waals surface area contributed by atoms with Crippen LogP contribution in [0.3, 0.4) is 0 Å². The Morgan fingerprint density at radius 2 is 1.11 bits per heavy atom. The zero-order chi connectivity index (χ0) is 25.1. The van der Waals surface area contributed by atoms with Gasteiger partial charge in [0.05, 0.1) is 22.2 Å². The molecule has 0 amide bonds. The molecule has 2 aromatic heterocycles. The SMILES string of the molecule is c1ccc(-c2ccccc2-n2c3ccccc3c3cc(-c4cccc5c4[nH]c4ccccc45)ccc32)cc1. The molecule has 6 aromatic carbocycles. The van der Waals surface area contributed by atoms with Gasteiger partial charge in [-0.3, -0.25) is 0 Å². The van der Waals surface area contributed by atoms with Crippen molar-refractivity contribution < 1.29 is 0 Å². The summed E-state index contributed by atoms with van der Waals surface area (Å²) in [5, 5.41) is 5.04. The molecule has 1 N–H and O–H groups in total. The van der Waals surface area contributed by atoms with Gasteiger partial charge in [0.2, 0.25) is 0 Å². The van der Waals surface area contributed by atoms with E-state index in [1.807, 2.05) is 0 Å². The van der Waals surface area contributed by atoms with E-state index in [1.54, 1.807) is 0 Å². The average molecular weight is 485 g/mol. The van der Waals surface area contributed by atoms with Gasteiger partial charge in [0.25, 0.3) is 0 Å². The van der Waals surface area contributed by atoms with Crippen molar-refractivity contribution in [2.45, 2.75) is 0 Å². The summed E-state index contributed by atoms with van der Waals surface area (Å²) in [5.74, 6) is 0. The standard InChI is InChI=1S/C36H24N2/c1-2-11-24(12-3-1)26-13-5-8-19-33(26)38-34-20-9-6-15-29(34)31-23-25(21-22-35(31)38)27-16-10-17-30-28-14-4-7-18-32(28)37-36(27)30/h1-23,37H. The number of hydrogen-bond donors (Lipinski definition) is 1. The lowest BCUT2D eigenvalue weighted by Gasteiger charge is -2.14. The summed E-state index contributed by atoms with van der Waals surface area (Å²) in [6, 6.07) is 50.2. The van der Waals surface area contributed by atoms with Crippen LogP contribution in [-0.2, 0) is 0 Å². The number of fused-ring (bicyclic) bond motifs is 6. The number of nitrogens with one attached hydrogen (secondary N) is 1. The Bertz CT molecular complexity index is 2130. The normalized spacial score (nSPS) is 11.7. The Morgan fingerprint density at radius 1 is 0.421 bits per heavy atom. The van der Waals surface area contributed by atoms with Crippen LogP contribution < -0.4 is 0 Å². The van der Waals surface area contributed by atoms with Crippen LogP contribution in [0.1, 0.15) is 0 Å². The van der Waals surface area contributed by atoms with Gasteiger partial charge in [-0.1, -0.05) is 109 Å². The van der Waals surface area contributed by atoms with Crippen molar-refractivity contribution >= 4 is 43.6 Å². The maximum atomic E-state index is 3.68. The lowest BCUT2D eigenvalue weighted by atomic mass is 10.00. The average Bonchev–Trinajstić information content (AvgIpc) is 3.53. The van der Waals surface area contributed by atoms with Gasteiger partial charge in [-0.05, 0) is 41.5 Å². The molecule has 0 atom stereocenters. The molecule has 0 aliphatic heterocycles. The van der Waals surface area contributed by atoms with E-state index >= 15 is 0 Å². The van der Waals surface area contributed by atoms with Crippen LogP contribution in [0.25, 0.3) is 71.6 Å². The minimum absolute atomic E-state index is 1.17. The fourth-order valence-electron chi connectivity index (χ4n) is 6.04. The van der Waals surface area contributed by atoms with Crippen molar-refractivity contribution in [2.24, 2.45) is 0 Å². The summed E-state index contributed by atoms with van der Waals surface area (Å²) in [7, 11) is 0. The summed E-state index contributed by atoms with van der Waals surface area (Å²) in [4.78, 5) is 3.68. The molecule has 2 nitrogen and oxygen atoms in total. The maximum absolute atomic E-state index is 3.68. The fraction of sp³-hybridized carbons (Fsp3) is 0. The first kappa shape index (κ1) is 21.0. The van der Waals surface area contributed by atoms with Gasteiger partial charge < -0.3 is 9.55 Å². The topological polar surface area (TPSA) is 20.7 Å². The molecule has 2 heterocycles. The highest BCUT2D eigenvalue weighted by molar-refractivity contribution is 6.14. The summed E-state index contributed by atoms with van der Waals surface area (Å²) in [6.45, 7) is 0. The first-order chi connectivity index (χ1) is 18.9. The molecular formula is C36H24N2. The van der Waals surface area contributed by atoms with Crippen molar-refractivity contribution in [3.8, 4) is 27.9 Å². The molecule has 0 fully saturated rings. The van der Waals surface area contributed by atoms with Crippen LogP contribution in [0.4, 0.5) is 0 Å². The van der Waals surface area contributed by atoms with Crippen LogP contribution in [0.5, 0.6) is 0 Å². The van der Waals surface area contributed by atoms with Gasteiger partial charge in [0.1, 0.15) is 0 Å². The molecule has 0 saturated heterocycles. The van der Waals surface area contributed by atoms with Crippen molar-refractivity contribution in [3.63, 3.8) is 0 Å². The molecule has 178 valence electrons. The smallest absolute Gasteiger partial charge is 0.0544 e. The first-order valence-electron chi connectivity index (χ1n) is 13.0. The van der Waals surface area contributed by atoms with Crippen molar-refractivity contribution in [3.05, 3.63) is 140 Å². The summed E-state index contributed by atoms with van der Waals surface area (Å²) in [5.41, 5.74) is 10.9. The second-order valence-electron chi connectivity index (χ2n) is 9.87. The van der Waals surface area contributed by atoms with Gasteiger partial charge in [-0.25, -0.2) is 0 Å². The van der Waals surface area contributed by atoms with Crippen LogP contribution in [0, 0.1) is 0 Å². The van der Waals surface area contributed by atoms with E-state index < -0.39 is 0 Å². The number of hydrogen-bond acceptors (Lipinski definition) is 0. The van der Waals surface area contributed by atoms with Crippen LogP contribution in [0.15, 0.2) is 140 Å². The molecule has 0 aliphatic carbocycles. The highest BCUT2D eigenvalue weighted by Gasteiger charge is 2.17. The van der Waals surface area contributed by atoms with Crippen LogP contribution in [0.2, 0.25) is 0 Å². The number of benzene rings is 6. The first-order valence-corrected chi connectivity index (χ1v) is 13.0. The minimum Gasteiger partial charge on any atom is -0.354 e. The highest BCUT2D eigenvalue weighted by atomic mass is 15.0. The van der Waals surface area contributed by atoms with Gasteiger partial charge in [0, 0.05) is 38.2 Å². The van der Waals surface area contributed by atoms with Crippen LogP contribution in [-0.4, -0.2) is 9.55 Å². The largest absolute Gasteiger partial charge is 0.354 e. The van der Waals surface area contributed by atoms with Crippen molar-refractivity contribution in [2.75, 3.05) is 0 Å². The predicted molar refractivity (Wildman–Crippen MR) is 161 cm³/mol. The minimum atomic E-state index is 1.17. The molecule has 2 heteroatoms. The zero-order valence-electron chi connectivity index (χ0n) is 20.7. The van der Waals surface area contributed by atoms with Crippen molar-refractivity contribution in [1.29, 1.82) is 0 Å². The molecule has 0 aliphatic rings. The Labute approximate surface area is 220 Å². The van der Waals surface area contributed by atoms with Crippen molar-refractivity contribution in [1.82, 2.24) is 9.55 Å². The Balaban J connectivity index is 1.40. The molecule has 0 bridgehead atoms. The molecule has 38 heavy (non-hydrogen) atoms. The number of nitrogens with zero attached hydrogens (tertiary/aromatic N) is 1. The maximum Gasteiger partial charge on any atom is 0.0544 e. The van der Waals surface area contributed by atoms with E-state index in [9.17, 15) is 0 Å². The van der Waals surface area contributed by atoms with E-state index in [-0.39, 0.29) is 0 Å². The molecule has 0 saturated carbocycles. The molecule has 0 radical (unpaired) electrons. The van der Waals surface area contributed by atoms with E-state index in [2.05, 4.69) is 149 Å². The highest BCUT2D eigenvalue weighted by Crippen LogP contribution is 2.39. The molecular weight excluding hydrogens is 460 g/mol.